The lowest BCUT2D eigenvalue weighted by atomic mass is 9.43. The van der Waals surface area contributed by atoms with Crippen LogP contribution in [0.3, 0.4) is 0 Å². The second-order valence-electron chi connectivity index (χ2n) is 16.3. The summed E-state index contributed by atoms with van der Waals surface area (Å²) in [5.74, 6) is 0. The third-order valence-electron chi connectivity index (χ3n) is 13.9. The van der Waals surface area contributed by atoms with E-state index in [4.69, 9.17) is 0 Å². The zero-order chi connectivity index (χ0) is 36.7. The fraction of sp³-hybridized carbons (Fsp3) is 0.0189. The molecule has 0 radical (unpaired) electrons. The van der Waals surface area contributed by atoms with Crippen molar-refractivity contribution in [3.05, 3.63) is 198 Å². The Kier molecular flexibility index (Phi) is 5.12. The van der Waals surface area contributed by atoms with E-state index in [0.29, 0.717) is 0 Å². The minimum atomic E-state index is -0.479. The largest absolute Gasteiger partial charge is 0.375 e. The average Bonchev–Trinajstić information content (AvgIpc) is 3.90. The van der Waals surface area contributed by atoms with E-state index in [1.165, 1.54) is 125 Å². The number of benzene rings is 9. The molecule has 3 aliphatic heterocycles. The maximum Gasteiger partial charge on any atom is 0.333 e. The molecule has 4 aliphatic rings. The normalized spacial score (nSPS) is 14.7. The monoisotopic (exact) mass is 736 g/mol. The molecule has 5 heterocycles. The SMILES string of the molecule is c1ccc2c(c1)-c1ccccc1C21c2ccccc2N2c3c(cccc31)B1c3c(cc4sc5ccccc5c4c32)-c2cccc3c4cc5ccccc5cc4n1c23. The molecule has 0 unspecified atom stereocenters. The standard InChI is InChI=1S/C53H29BN2S/c1-2-14-31-28-45-37(27-30(31)13-1)34-18-11-19-35-38-29-47-48(36-17-5-10-26-46(36)57-47)52-49(38)54(56(45)50(34)35)43-24-12-23-42-51(43)55(52)44-25-9-8-22-41(44)53(42)39-20-6-3-15-32(39)33-16-4-7-21-40(33)53/h1-29H. The molecule has 0 fully saturated rings. The van der Waals surface area contributed by atoms with Crippen LogP contribution in [0.1, 0.15) is 22.3 Å². The Morgan fingerprint density at radius 2 is 1.11 bits per heavy atom. The number of rotatable bonds is 0. The summed E-state index contributed by atoms with van der Waals surface area (Å²) in [5, 5.41) is 7.88. The van der Waals surface area contributed by atoms with Crippen LogP contribution in [0.2, 0.25) is 0 Å². The molecule has 2 nitrogen and oxygen atoms in total. The maximum absolute atomic E-state index is 2.73. The van der Waals surface area contributed by atoms with Crippen molar-refractivity contribution in [3.8, 4) is 22.3 Å². The highest BCUT2D eigenvalue weighted by Crippen LogP contribution is 2.64. The number of aromatic nitrogens is 1. The van der Waals surface area contributed by atoms with E-state index in [1.807, 2.05) is 11.3 Å². The summed E-state index contributed by atoms with van der Waals surface area (Å²) in [4.78, 5) is 2.71. The van der Waals surface area contributed by atoms with Crippen LogP contribution in [-0.4, -0.2) is 11.3 Å². The predicted octanol–water partition coefficient (Wildman–Crippen LogP) is 12.4. The molecule has 15 rings (SSSR count). The summed E-state index contributed by atoms with van der Waals surface area (Å²) in [6.07, 6.45) is 0. The van der Waals surface area contributed by atoms with Crippen molar-refractivity contribution in [2.24, 2.45) is 0 Å². The summed E-state index contributed by atoms with van der Waals surface area (Å²) < 4.78 is 5.40. The number of fused-ring (bicyclic) bond motifs is 21. The highest BCUT2D eigenvalue weighted by atomic mass is 32.1. The third kappa shape index (κ3) is 3.22. The van der Waals surface area contributed by atoms with Crippen molar-refractivity contribution in [1.29, 1.82) is 0 Å². The van der Waals surface area contributed by atoms with Gasteiger partial charge in [-0.25, -0.2) is 0 Å². The van der Waals surface area contributed by atoms with Crippen LogP contribution in [0.4, 0.5) is 17.1 Å². The van der Waals surface area contributed by atoms with Gasteiger partial charge < -0.3 is 9.38 Å². The summed E-state index contributed by atoms with van der Waals surface area (Å²) in [6, 6.07) is 67.3. The van der Waals surface area contributed by atoms with E-state index in [9.17, 15) is 0 Å². The van der Waals surface area contributed by atoms with Crippen LogP contribution in [0, 0.1) is 0 Å². The number of thiophene rings is 1. The molecule has 1 spiro atoms. The Morgan fingerprint density at radius 1 is 0.456 bits per heavy atom. The van der Waals surface area contributed by atoms with Crippen LogP contribution in [-0.2, 0) is 5.41 Å². The van der Waals surface area contributed by atoms with Crippen molar-refractivity contribution in [3.63, 3.8) is 0 Å². The number of hydrogen-bond acceptors (Lipinski definition) is 2. The Bertz CT molecular complexity index is 3640. The quantitative estimate of drug-likeness (QED) is 0.141. The lowest BCUT2D eigenvalue weighted by Crippen LogP contribution is -2.58. The first kappa shape index (κ1) is 29.4. The van der Waals surface area contributed by atoms with Crippen molar-refractivity contribution in [2.75, 3.05) is 4.90 Å². The van der Waals surface area contributed by atoms with Crippen LogP contribution >= 0.6 is 11.3 Å². The molecule has 4 heteroatoms. The van der Waals surface area contributed by atoms with E-state index in [0.717, 1.165) is 0 Å². The first-order valence-electron chi connectivity index (χ1n) is 20.0. The van der Waals surface area contributed by atoms with Gasteiger partial charge in [-0.05, 0) is 91.0 Å². The van der Waals surface area contributed by atoms with Crippen molar-refractivity contribution in [1.82, 2.24) is 4.48 Å². The lowest BCUT2D eigenvalue weighted by Gasteiger charge is -2.50. The van der Waals surface area contributed by atoms with Crippen LogP contribution in [0.15, 0.2) is 176 Å². The second kappa shape index (κ2) is 9.91. The maximum atomic E-state index is 2.73. The highest BCUT2D eigenvalue weighted by molar-refractivity contribution is 7.26. The molecule has 11 aromatic rings. The molecule has 0 saturated heterocycles. The lowest BCUT2D eigenvalue weighted by molar-refractivity contribution is 0.754. The molecule has 260 valence electrons. The first-order valence-corrected chi connectivity index (χ1v) is 20.8. The van der Waals surface area contributed by atoms with Gasteiger partial charge in [0.15, 0.2) is 0 Å². The van der Waals surface area contributed by atoms with Crippen molar-refractivity contribution in [2.45, 2.75) is 5.41 Å². The van der Waals surface area contributed by atoms with Crippen molar-refractivity contribution >= 4 is 98.9 Å². The zero-order valence-electron chi connectivity index (χ0n) is 30.6. The van der Waals surface area contributed by atoms with Gasteiger partial charge in [-0.3, -0.25) is 0 Å². The highest BCUT2D eigenvalue weighted by Gasteiger charge is 2.55. The second-order valence-corrected chi connectivity index (χ2v) is 17.4. The van der Waals surface area contributed by atoms with E-state index < -0.39 is 5.41 Å². The van der Waals surface area contributed by atoms with Gasteiger partial charge in [0.05, 0.1) is 16.8 Å². The average molecular weight is 737 g/mol. The van der Waals surface area contributed by atoms with E-state index in [1.54, 1.807) is 0 Å². The van der Waals surface area contributed by atoms with Gasteiger partial charge in [0, 0.05) is 53.2 Å². The van der Waals surface area contributed by atoms with E-state index in [2.05, 4.69) is 185 Å². The van der Waals surface area contributed by atoms with Crippen LogP contribution in [0.5, 0.6) is 0 Å². The Morgan fingerprint density at radius 3 is 1.95 bits per heavy atom. The summed E-state index contributed by atoms with van der Waals surface area (Å²) in [7, 11) is 0. The minimum absolute atomic E-state index is 0.0328. The Hall–Kier alpha value is -6.88. The Labute approximate surface area is 332 Å². The van der Waals surface area contributed by atoms with Gasteiger partial charge in [0.25, 0.3) is 0 Å². The molecule has 1 aliphatic carbocycles. The van der Waals surface area contributed by atoms with E-state index in [-0.39, 0.29) is 6.85 Å². The van der Waals surface area contributed by atoms with Gasteiger partial charge in [0.2, 0.25) is 0 Å². The minimum Gasteiger partial charge on any atom is -0.375 e. The van der Waals surface area contributed by atoms with Crippen LogP contribution in [0.25, 0.3) is 75.0 Å². The van der Waals surface area contributed by atoms with Crippen LogP contribution < -0.4 is 15.8 Å². The molecule has 0 atom stereocenters. The van der Waals surface area contributed by atoms with Gasteiger partial charge >= 0.3 is 6.85 Å². The third-order valence-corrected chi connectivity index (χ3v) is 15.0. The Balaban J connectivity index is 1.19. The fourth-order valence-electron chi connectivity index (χ4n) is 11.9. The van der Waals surface area contributed by atoms with Crippen molar-refractivity contribution < 1.29 is 0 Å². The summed E-state index contributed by atoms with van der Waals surface area (Å²) >= 11 is 1.93. The number of hydrogen-bond donors (Lipinski definition) is 0. The van der Waals surface area contributed by atoms with Gasteiger partial charge in [-0.15, -0.1) is 11.3 Å². The fourth-order valence-corrected chi connectivity index (χ4v) is 13.1. The molecular formula is C53H29BN2S. The molecule has 57 heavy (non-hydrogen) atoms. The summed E-state index contributed by atoms with van der Waals surface area (Å²) in [6.45, 7) is -0.0328. The molecular weight excluding hydrogens is 707 g/mol. The molecule has 0 bridgehead atoms. The van der Waals surface area contributed by atoms with E-state index >= 15 is 0 Å². The first-order chi connectivity index (χ1) is 28.3. The smallest absolute Gasteiger partial charge is 0.333 e. The molecule has 9 aromatic carbocycles. The molecule has 0 amide bonds. The predicted molar refractivity (Wildman–Crippen MR) is 241 cm³/mol. The molecule has 2 aromatic heterocycles. The number of para-hydroxylation sites is 3. The van der Waals surface area contributed by atoms with Gasteiger partial charge in [-0.1, -0.05) is 146 Å². The van der Waals surface area contributed by atoms with Gasteiger partial charge in [-0.2, -0.15) is 0 Å². The molecule has 0 saturated carbocycles. The number of nitrogens with zero attached hydrogens (tertiary/aromatic N) is 2. The van der Waals surface area contributed by atoms with Gasteiger partial charge in [0.1, 0.15) is 0 Å². The number of anilines is 3. The summed E-state index contributed by atoms with van der Waals surface area (Å²) in [5.41, 5.74) is 19.6. The molecule has 0 N–H and O–H groups in total. The zero-order valence-corrected chi connectivity index (χ0v) is 31.4. The topological polar surface area (TPSA) is 8.17 Å².